The monoisotopic (exact) mass is 305 g/mol. The van der Waals surface area contributed by atoms with E-state index < -0.39 is 5.82 Å². The van der Waals surface area contributed by atoms with Gasteiger partial charge in [0.2, 0.25) is 0 Å². The van der Waals surface area contributed by atoms with Crippen LogP contribution in [-0.2, 0) is 9.53 Å². The lowest BCUT2D eigenvalue weighted by Gasteiger charge is -2.07. The molecule has 1 aromatic rings. The smallest absolute Gasteiger partial charge is 0.316 e. The van der Waals surface area contributed by atoms with E-state index in [-0.39, 0.29) is 22.4 Å². The fraction of sp³-hybridized carbons (Fsp3) is 0.462. The first-order valence-electron chi connectivity index (χ1n) is 6.07. The highest BCUT2D eigenvalue weighted by atomic mass is 35.5. The van der Waals surface area contributed by atoms with Crippen molar-refractivity contribution in [3.05, 3.63) is 23.0 Å². The zero-order valence-electron chi connectivity index (χ0n) is 10.7. The largest absolute Gasteiger partial charge is 0.465 e. The second-order valence-corrected chi connectivity index (χ2v) is 5.44. The number of rotatable bonds is 7. The van der Waals surface area contributed by atoms with Gasteiger partial charge in [-0.15, -0.1) is 11.8 Å². The number of benzene rings is 1. The van der Waals surface area contributed by atoms with Crippen LogP contribution in [0, 0.1) is 5.82 Å². The number of anilines is 1. The van der Waals surface area contributed by atoms with Crippen LogP contribution in [0.1, 0.15) is 26.2 Å². The minimum absolute atomic E-state index is 0.0169. The Bertz CT molecular complexity index is 443. The quantitative estimate of drug-likeness (QED) is 0.359. The standard InChI is InChI=1S/C13H17ClFNO2S/c1-2-3-4-5-18-13(17)8-19-12-7-11(16)10(15)6-9(12)14/h6-7H,2-5,8,16H2,1H3. The first-order valence-corrected chi connectivity index (χ1v) is 7.44. The summed E-state index contributed by atoms with van der Waals surface area (Å²) in [5.74, 6) is -0.728. The highest BCUT2D eigenvalue weighted by Crippen LogP contribution is 2.30. The summed E-state index contributed by atoms with van der Waals surface area (Å²) in [5.41, 5.74) is 5.46. The fourth-order valence-electron chi connectivity index (χ4n) is 1.37. The molecule has 19 heavy (non-hydrogen) atoms. The molecule has 2 N–H and O–H groups in total. The highest BCUT2D eigenvalue weighted by Gasteiger charge is 2.10. The predicted molar refractivity (Wildman–Crippen MR) is 77.0 cm³/mol. The molecule has 3 nitrogen and oxygen atoms in total. The number of nitrogen functional groups attached to an aromatic ring is 1. The number of nitrogens with two attached hydrogens (primary N) is 1. The molecule has 6 heteroatoms. The molecule has 0 saturated heterocycles. The Kier molecular flexibility index (Phi) is 7.02. The van der Waals surface area contributed by atoms with Gasteiger partial charge < -0.3 is 10.5 Å². The van der Waals surface area contributed by atoms with Crippen molar-refractivity contribution in [2.24, 2.45) is 0 Å². The van der Waals surface area contributed by atoms with Crippen molar-refractivity contribution in [3.63, 3.8) is 0 Å². The van der Waals surface area contributed by atoms with Gasteiger partial charge in [0.15, 0.2) is 0 Å². The molecule has 1 rings (SSSR count). The molecule has 0 atom stereocenters. The van der Waals surface area contributed by atoms with Crippen LogP contribution in [0.2, 0.25) is 5.02 Å². The van der Waals surface area contributed by atoms with Crippen LogP contribution >= 0.6 is 23.4 Å². The van der Waals surface area contributed by atoms with Crippen LogP contribution in [0.5, 0.6) is 0 Å². The molecule has 0 aliphatic carbocycles. The minimum atomic E-state index is -0.559. The second-order valence-electron chi connectivity index (χ2n) is 4.02. The van der Waals surface area contributed by atoms with Crippen LogP contribution in [0.25, 0.3) is 0 Å². The number of carbonyl (C=O) groups excluding carboxylic acids is 1. The Balaban J connectivity index is 2.40. The molecule has 0 spiro atoms. The molecule has 0 unspecified atom stereocenters. The van der Waals surface area contributed by atoms with Gasteiger partial charge in [0.05, 0.1) is 23.1 Å². The number of carbonyl (C=O) groups is 1. The number of ether oxygens (including phenoxy) is 1. The Morgan fingerprint density at radius 2 is 2.21 bits per heavy atom. The first kappa shape index (κ1) is 16.1. The maximum atomic E-state index is 13.1. The van der Waals surface area contributed by atoms with Crippen molar-refractivity contribution in [2.45, 2.75) is 31.1 Å². The van der Waals surface area contributed by atoms with Crippen molar-refractivity contribution in [1.29, 1.82) is 0 Å². The van der Waals surface area contributed by atoms with Gasteiger partial charge in [0.25, 0.3) is 0 Å². The molecule has 0 aliphatic rings. The zero-order valence-corrected chi connectivity index (χ0v) is 12.3. The van der Waals surface area contributed by atoms with Gasteiger partial charge >= 0.3 is 5.97 Å². The van der Waals surface area contributed by atoms with Gasteiger partial charge in [-0.2, -0.15) is 0 Å². The zero-order chi connectivity index (χ0) is 14.3. The van der Waals surface area contributed by atoms with E-state index in [9.17, 15) is 9.18 Å². The van der Waals surface area contributed by atoms with E-state index in [0.717, 1.165) is 25.3 Å². The van der Waals surface area contributed by atoms with Gasteiger partial charge in [0.1, 0.15) is 5.82 Å². The predicted octanol–water partition coefficient (Wildman–Crippen LogP) is 3.89. The Morgan fingerprint density at radius 1 is 1.47 bits per heavy atom. The molecular weight excluding hydrogens is 289 g/mol. The summed E-state index contributed by atoms with van der Waals surface area (Å²) in [7, 11) is 0. The van der Waals surface area contributed by atoms with Crippen LogP contribution in [0.15, 0.2) is 17.0 Å². The van der Waals surface area contributed by atoms with Gasteiger partial charge in [-0.05, 0) is 18.6 Å². The first-order chi connectivity index (χ1) is 9.04. The molecule has 1 aromatic carbocycles. The van der Waals surface area contributed by atoms with E-state index in [0.29, 0.717) is 11.5 Å². The van der Waals surface area contributed by atoms with Crippen molar-refractivity contribution >= 4 is 35.0 Å². The molecule has 0 fully saturated rings. The molecule has 0 aromatic heterocycles. The molecular formula is C13H17ClFNO2S. The number of unbranched alkanes of at least 4 members (excludes halogenated alkanes) is 2. The van der Waals surface area contributed by atoms with Gasteiger partial charge in [-0.1, -0.05) is 31.4 Å². The van der Waals surface area contributed by atoms with E-state index >= 15 is 0 Å². The molecule has 106 valence electrons. The third kappa shape index (κ3) is 5.70. The van der Waals surface area contributed by atoms with Crippen molar-refractivity contribution in [3.8, 4) is 0 Å². The second kappa shape index (κ2) is 8.27. The number of halogens is 2. The summed E-state index contributed by atoms with van der Waals surface area (Å²) < 4.78 is 18.1. The van der Waals surface area contributed by atoms with Crippen LogP contribution < -0.4 is 5.73 Å². The molecule has 0 saturated carbocycles. The maximum Gasteiger partial charge on any atom is 0.316 e. The summed E-state index contributed by atoms with van der Waals surface area (Å²) in [4.78, 5) is 12.0. The van der Waals surface area contributed by atoms with Crippen LogP contribution in [-0.4, -0.2) is 18.3 Å². The lowest BCUT2D eigenvalue weighted by molar-refractivity contribution is -0.140. The van der Waals surface area contributed by atoms with E-state index in [1.165, 1.54) is 17.8 Å². The number of esters is 1. The summed E-state index contributed by atoms with van der Waals surface area (Å²) in [6, 6.07) is 2.57. The van der Waals surface area contributed by atoms with Crippen LogP contribution in [0.4, 0.5) is 10.1 Å². The summed E-state index contributed by atoms with van der Waals surface area (Å²) in [6.07, 6.45) is 2.99. The Hall–Kier alpha value is -0.940. The maximum absolute atomic E-state index is 13.1. The summed E-state index contributed by atoms with van der Waals surface area (Å²) >= 11 is 7.05. The lowest BCUT2D eigenvalue weighted by atomic mass is 10.3. The average Bonchev–Trinajstić information content (AvgIpc) is 2.37. The third-order valence-corrected chi connectivity index (χ3v) is 3.86. The number of hydrogen-bond acceptors (Lipinski definition) is 4. The SMILES string of the molecule is CCCCCOC(=O)CSc1cc(N)c(F)cc1Cl. The number of hydrogen-bond donors (Lipinski definition) is 1. The Morgan fingerprint density at radius 3 is 2.89 bits per heavy atom. The summed E-state index contributed by atoms with van der Waals surface area (Å²) in [5, 5.41) is 0.246. The Labute approximate surface area is 121 Å². The lowest BCUT2D eigenvalue weighted by Crippen LogP contribution is -2.08. The van der Waals surface area contributed by atoms with Gasteiger partial charge in [-0.25, -0.2) is 4.39 Å². The van der Waals surface area contributed by atoms with Crippen LogP contribution in [0.3, 0.4) is 0 Å². The molecule has 0 bridgehead atoms. The third-order valence-electron chi connectivity index (χ3n) is 2.41. The normalized spacial score (nSPS) is 10.5. The van der Waals surface area contributed by atoms with E-state index in [4.69, 9.17) is 22.1 Å². The summed E-state index contributed by atoms with van der Waals surface area (Å²) in [6.45, 7) is 2.52. The van der Waals surface area contributed by atoms with Gasteiger partial charge in [-0.3, -0.25) is 4.79 Å². The average molecular weight is 306 g/mol. The van der Waals surface area contributed by atoms with E-state index in [2.05, 4.69) is 6.92 Å². The van der Waals surface area contributed by atoms with Crippen molar-refractivity contribution < 1.29 is 13.9 Å². The minimum Gasteiger partial charge on any atom is -0.465 e. The van der Waals surface area contributed by atoms with Crippen molar-refractivity contribution in [1.82, 2.24) is 0 Å². The molecule has 0 radical (unpaired) electrons. The fourth-order valence-corrected chi connectivity index (χ4v) is 2.45. The topological polar surface area (TPSA) is 52.3 Å². The van der Waals surface area contributed by atoms with Crippen molar-refractivity contribution in [2.75, 3.05) is 18.1 Å². The molecule has 0 heterocycles. The number of thioether (sulfide) groups is 1. The molecule has 0 amide bonds. The van der Waals surface area contributed by atoms with E-state index in [1.807, 2.05) is 0 Å². The highest BCUT2D eigenvalue weighted by molar-refractivity contribution is 8.00. The molecule has 0 aliphatic heterocycles. The van der Waals surface area contributed by atoms with Gasteiger partial charge in [0, 0.05) is 4.90 Å². The van der Waals surface area contributed by atoms with E-state index in [1.54, 1.807) is 0 Å².